The summed E-state index contributed by atoms with van der Waals surface area (Å²) in [6, 6.07) is 6.85. The molecule has 7 nitrogen and oxygen atoms in total. The van der Waals surface area contributed by atoms with Crippen LogP contribution >= 0.6 is 0 Å². The molecule has 2 aromatic rings. The average molecular weight is 467 g/mol. The van der Waals surface area contributed by atoms with Crippen molar-refractivity contribution in [3.63, 3.8) is 0 Å². The van der Waals surface area contributed by atoms with Gasteiger partial charge in [0, 0.05) is 18.5 Å². The summed E-state index contributed by atoms with van der Waals surface area (Å²) < 4.78 is 0. The van der Waals surface area contributed by atoms with E-state index in [1.165, 1.54) is 28.9 Å². The number of piperidine rings is 2. The van der Waals surface area contributed by atoms with Crippen LogP contribution < -0.4 is 9.80 Å². The molecule has 3 heterocycles. The van der Waals surface area contributed by atoms with E-state index >= 15 is 0 Å². The number of hydrogen-bond donors (Lipinski definition) is 3. The number of quaternary nitrogens is 1. The van der Waals surface area contributed by atoms with Crippen LogP contribution in [0.5, 0.6) is 0 Å². The Labute approximate surface area is 203 Å². The molecule has 3 aliphatic rings. The van der Waals surface area contributed by atoms with E-state index < -0.39 is 6.10 Å². The Kier molecular flexibility index (Phi) is 6.15. The van der Waals surface area contributed by atoms with E-state index in [9.17, 15) is 10.2 Å². The summed E-state index contributed by atoms with van der Waals surface area (Å²) in [5, 5.41) is 21.0. The van der Waals surface area contributed by atoms with E-state index in [4.69, 9.17) is 4.98 Å². The minimum Gasteiger partial charge on any atom is -0.387 e. The average Bonchev–Trinajstić information content (AvgIpc) is 2.82. The second kappa shape index (κ2) is 8.85. The first-order valence-corrected chi connectivity index (χ1v) is 12.9. The van der Waals surface area contributed by atoms with Gasteiger partial charge in [-0.05, 0) is 53.7 Å². The molecule has 5 rings (SSSR count). The van der Waals surface area contributed by atoms with Crippen molar-refractivity contribution in [1.82, 2.24) is 15.0 Å². The first kappa shape index (κ1) is 23.6. The van der Waals surface area contributed by atoms with Crippen molar-refractivity contribution in [3.05, 3.63) is 35.7 Å². The Balaban J connectivity index is 1.36. The minimum atomic E-state index is -0.457. The molecule has 184 valence electrons. The largest absolute Gasteiger partial charge is 0.387 e. The Bertz CT molecular complexity index is 1040. The molecule has 1 aromatic heterocycles. The molecule has 34 heavy (non-hydrogen) atoms. The molecule has 1 aromatic carbocycles. The molecular weight excluding hydrogens is 426 g/mol. The summed E-state index contributed by atoms with van der Waals surface area (Å²) in [5.74, 6) is 1.32. The van der Waals surface area contributed by atoms with Gasteiger partial charge in [-0.25, -0.2) is 9.97 Å². The van der Waals surface area contributed by atoms with Crippen molar-refractivity contribution in [1.29, 1.82) is 0 Å². The van der Waals surface area contributed by atoms with Gasteiger partial charge in [-0.15, -0.1) is 0 Å². The number of fused-ring (bicyclic) bond motifs is 1. The number of likely N-dealkylation sites (tertiary alicyclic amines) is 1. The summed E-state index contributed by atoms with van der Waals surface area (Å²) in [7, 11) is 0. The topological polar surface area (TPSA) is 86.8 Å². The zero-order valence-corrected chi connectivity index (χ0v) is 21.1. The van der Waals surface area contributed by atoms with Crippen LogP contribution in [0.25, 0.3) is 11.4 Å². The maximum absolute atomic E-state index is 10.9. The SMILES string of the molecule is CC1(C)CCC(C)(C)c2cc(-c3ncnc(N4CCC([NH+]5CCCC(O)C5)C(O)C4)n3)ccc21. The number of benzene rings is 1. The number of aliphatic hydroxyl groups is 2. The van der Waals surface area contributed by atoms with E-state index in [1.807, 2.05) is 0 Å². The summed E-state index contributed by atoms with van der Waals surface area (Å²) in [6.07, 6.45) is 6.02. The van der Waals surface area contributed by atoms with Gasteiger partial charge in [0.1, 0.15) is 31.1 Å². The smallest absolute Gasteiger partial charge is 0.228 e. The van der Waals surface area contributed by atoms with E-state index in [-0.39, 0.29) is 23.0 Å². The molecule has 2 aliphatic heterocycles. The Morgan fingerprint density at radius 3 is 2.50 bits per heavy atom. The molecule has 0 bridgehead atoms. The first-order chi connectivity index (χ1) is 16.1. The van der Waals surface area contributed by atoms with Gasteiger partial charge in [0.2, 0.25) is 5.95 Å². The molecule has 7 heteroatoms. The highest BCUT2D eigenvalue weighted by molar-refractivity contribution is 5.61. The van der Waals surface area contributed by atoms with Crippen molar-refractivity contribution in [3.8, 4) is 11.4 Å². The fourth-order valence-electron chi connectivity index (χ4n) is 6.30. The maximum atomic E-state index is 10.9. The summed E-state index contributed by atoms with van der Waals surface area (Å²) >= 11 is 0. The van der Waals surface area contributed by atoms with Crippen molar-refractivity contribution < 1.29 is 15.1 Å². The number of nitrogens with zero attached hydrogens (tertiary/aromatic N) is 4. The minimum absolute atomic E-state index is 0.132. The highest BCUT2D eigenvalue weighted by Gasteiger charge is 2.39. The lowest BCUT2D eigenvalue weighted by Gasteiger charge is -2.42. The first-order valence-electron chi connectivity index (χ1n) is 12.9. The molecule has 3 N–H and O–H groups in total. The molecule has 2 fully saturated rings. The highest BCUT2D eigenvalue weighted by Crippen LogP contribution is 2.46. The molecule has 2 saturated heterocycles. The molecule has 0 saturated carbocycles. The van der Waals surface area contributed by atoms with Crippen molar-refractivity contribution in [2.45, 2.75) is 88.9 Å². The lowest BCUT2D eigenvalue weighted by Crippen LogP contribution is -3.19. The van der Waals surface area contributed by atoms with Gasteiger partial charge < -0.3 is 20.0 Å². The fraction of sp³-hybridized carbons (Fsp3) is 0.667. The Hall–Kier alpha value is -2.09. The second-order valence-corrected chi connectivity index (χ2v) is 12.0. The summed E-state index contributed by atoms with van der Waals surface area (Å²) in [5.41, 5.74) is 4.16. The van der Waals surface area contributed by atoms with Gasteiger partial charge in [0.05, 0.1) is 13.1 Å². The summed E-state index contributed by atoms with van der Waals surface area (Å²) in [6.45, 7) is 12.4. The molecule has 0 spiro atoms. The quantitative estimate of drug-likeness (QED) is 0.640. The predicted molar refractivity (Wildman–Crippen MR) is 133 cm³/mol. The molecule has 4 atom stereocenters. The summed E-state index contributed by atoms with van der Waals surface area (Å²) in [4.78, 5) is 17.2. The van der Waals surface area contributed by atoms with Gasteiger partial charge in [0.15, 0.2) is 5.82 Å². The third-order valence-corrected chi connectivity index (χ3v) is 8.59. The van der Waals surface area contributed by atoms with E-state index in [0.29, 0.717) is 18.3 Å². The van der Waals surface area contributed by atoms with Gasteiger partial charge in [-0.2, -0.15) is 4.98 Å². The number of aromatic nitrogens is 3. The zero-order chi connectivity index (χ0) is 24.1. The predicted octanol–water partition coefficient (Wildman–Crippen LogP) is 1.87. The number of anilines is 1. The Morgan fingerprint density at radius 1 is 1.00 bits per heavy atom. The van der Waals surface area contributed by atoms with E-state index in [0.717, 1.165) is 44.5 Å². The Morgan fingerprint density at radius 2 is 1.76 bits per heavy atom. The van der Waals surface area contributed by atoms with Crippen LogP contribution in [0.4, 0.5) is 5.95 Å². The van der Waals surface area contributed by atoms with Crippen LogP contribution in [-0.2, 0) is 10.8 Å². The second-order valence-electron chi connectivity index (χ2n) is 12.0. The van der Waals surface area contributed by atoms with Crippen molar-refractivity contribution in [2.75, 3.05) is 31.1 Å². The van der Waals surface area contributed by atoms with Crippen molar-refractivity contribution >= 4 is 5.95 Å². The number of rotatable bonds is 3. The van der Waals surface area contributed by atoms with Crippen LogP contribution in [-0.4, -0.2) is 69.6 Å². The molecular formula is C27H40N5O2+. The van der Waals surface area contributed by atoms with Gasteiger partial charge in [-0.1, -0.05) is 39.8 Å². The van der Waals surface area contributed by atoms with E-state index in [2.05, 4.69) is 60.8 Å². The van der Waals surface area contributed by atoms with Gasteiger partial charge >= 0.3 is 0 Å². The number of aliphatic hydroxyl groups excluding tert-OH is 2. The third-order valence-electron chi connectivity index (χ3n) is 8.59. The molecule has 1 aliphatic carbocycles. The van der Waals surface area contributed by atoms with Crippen LogP contribution in [0.1, 0.15) is 70.9 Å². The molecule has 0 amide bonds. The van der Waals surface area contributed by atoms with Crippen LogP contribution in [0.3, 0.4) is 0 Å². The monoisotopic (exact) mass is 466 g/mol. The standard InChI is InChI=1S/C27H39N5O2/c1-26(2)10-11-27(3,4)21-14-18(7-8-20(21)26)24-28-17-29-25(30-24)32-13-9-22(23(34)16-32)31-12-5-6-19(33)15-31/h7-8,14,17,19,22-23,33-34H,5-6,9-13,15-16H2,1-4H3/p+1. The van der Waals surface area contributed by atoms with E-state index in [1.54, 1.807) is 6.33 Å². The van der Waals surface area contributed by atoms with Gasteiger partial charge in [0.25, 0.3) is 0 Å². The number of β-amino-alcohol motifs (C(OH)–C–C–N with tert-alkyl or cyclic N) is 1. The molecule has 0 radical (unpaired) electrons. The number of nitrogens with one attached hydrogen (secondary N) is 1. The highest BCUT2D eigenvalue weighted by atomic mass is 16.3. The normalized spacial score (nSPS) is 30.6. The lowest BCUT2D eigenvalue weighted by atomic mass is 9.63. The third kappa shape index (κ3) is 4.45. The fourth-order valence-corrected chi connectivity index (χ4v) is 6.30. The van der Waals surface area contributed by atoms with Crippen LogP contribution in [0, 0.1) is 0 Å². The van der Waals surface area contributed by atoms with Crippen LogP contribution in [0.15, 0.2) is 24.5 Å². The maximum Gasteiger partial charge on any atom is 0.228 e. The van der Waals surface area contributed by atoms with Crippen LogP contribution in [0.2, 0.25) is 0 Å². The van der Waals surface area contributed by atoms with Crippen molar-refractivity contribution in [2.24, 2.45) is 0 Å². The zero-order valence-electron chi connectivity index (χ0n) is 21.1. The number of hydrogen-bond acceptors (Lipinski definition) is 6. The van der Waals surface area contributed by atoms with Gasteiger partial charge in [-0.3, -0.25) is 0 Å². The molecule has 4 unspecified atom stereocenters. The lowest BCUT2D eigenvalue weighted by molar-refractivity contribution is -0.937.